The number of aromatic amines is 4. The molecule has 0 aliphatic rings. The summed E-state index contributed by atoms with van der Waals surface area (Å²) in [5.74, 6) is 0. The fourth-order valence-corrected chi connectivity index (χ4v) is 2.22. The van der Waals surface area contributed by atoms with Gasteiger partial charge >= 0.3 is 44.8 Å². The third-order valence-electron chi connectivity index (χ3n) is 3.34. The standard InChI is InChI=1S/4C5H8N2.2Ag.2NO3/c4*1-4-3-5(2)7-6-4;;;2*2-1(3)4/h4*3H,1-2H3,(H,6,7);;;;/q;;;;2*+1;2*-1. The minimum Gasteiger partial charge on any atom is -0.356 e. The molecule has 0 amide bonds. The molecule has 18 heteroatoms. The van der Waals surface area contributed by atoms with Gasteiger partial charge in [-0.2, -0.15) is 20.4 Å². The Bertz CT molecular complexity index is 904. The molecule has 4 aromatic heterocycles. The van der Waals surface area contributed by atoms with Gasteiger partial charge in [0.1, 0.15) is 0 Å². The van der Waals surface area contributed by atoms with Crippen LogP contribution < -0.4 is 0 Å². The van der Waals surface area contributed by atoms with Crippen LogP contribution in [0.1, 0.15) is 45.6 Å². The van der Waals surface area contributed by atoms with E-state index in [4.69, 9.17) is 30.6 Å². The van der Waals surface area contributed by atoms with Crippen LogP contribution in [0.25, 0.3) is 0 Å². The number of aryl methyl sites for hydroxylation is 8. The van der Waals surface area contributed by atoms with Crippen molar-refractivity contribution in [1.29, 1.82) is 0 Å². The fourth-order valence-electron chi connectivity index (χ4n) is 2.22. The maximum Gasteiger partial charge on any atom is 1.00 e. The molecular weight excluding hydrogens is 692 g/mol. The first-order chi connectivity index (χ1) is 16.6. The molecule has 4 heterocycles. The van der Waals surface area contributed by atoms with Gasteiger partial charge in [0.25, 0.3) is 0 Å². The van der Waals surface area contributed by atoms with E-state index in [1.807, 2.05) is 79.7 Å². The first-order valence-electron chi connectivity index (χ1n) is 10.2. The van der Waals surface area contributed by atoms with Crippen molar-refractivity contribution in [2.75, 3.05) is 0 Å². The number of nitrogens with one attached hydrogen (secondary N) is 4. The van der Waals surface area contributed by atoms with Gasteiger partial charge in [0.15, 0.2) is 0 Å². The second-order valence-electron chi connectivity index (χ2n) is 7.22. The zero-order chi connectivity index (χ0) is 28.3. The quantitative estimate of drug-likeness (QED) is 0.117. The van der Waals surface area contributed by atoms with Crippen LogP contribution in [0.15, 0.2) is 24.3 Å². The Morgan fingerprint density at radius 2 is 0.605 bits per heavy atom. The average Bonchev–Trinajstić information content (AvgIpc) is 3.49. The Morgan fingerprint density at radius 1 is 0.474 bits per heavy atom. The van der Waals surface area contributed by atoms with Crippen molar-refractivity contribution >= 4 is 0 Å². The summed E-state index contributed by atoms with van der Waals surface area (Å²) >= 11 is 0. The van der Waals surface area contributed by atoms with E-state index in [1.54, 1.807) is 0 Å². The van der Waals surface area contributed by atoms with E-state index < -0.39 is 10.2 Å². The molecule has 0 saturated carbocycles. The molecule has 0 fully saturated rings. The molecule has 4 rings (SSSR count). The van der Waals surface area contributed by atoms with Crippen molar-refractivity contribution in [3.8, 4) is 0 Å². The molecule has 0 spiro atoms. The van der Waals surface area contributed by atoms with Crippen LogP contribution in [0.4, 0.5) is 0 Å². The van der Waals surface area contributed by atoms with Gasteiger partial charge in [-0.15, -0.1) is 0 Å². The molecule has 4 N–H and O–H groups in total. The van der Waals surface area contributed by atoms with Crippen LogP contribution in [-0.2, 0) is 44.8 Å². The van der Waals surface area contributed by atoms with Crippen molar-refractivity contribution in [2.45, 2.75) is 55.4 Å². The summed E-state index contributed by atoms with van der Waals surface area (Å²) in [7, 11) is 0. The average molecular weight is 724 g/mol. The summed E-state index contributed by atoms with van der Waals surface area (Å²) in [6.45, 7) is 15.8. The Balaban J connectivity index is -0.000000184. The SMILES string of the molecule is Cc1cc(C)[nH]n1.Cc1cc(C)[nH]n1.Cc1cc(C)[nH]n1.Cc1cc(C)[nH]n1.O=[N+]([O-])[O-].O=[N+]([O-])[O-].[Ag+].[Ag+]. The van der Waals surface area contributed by atoms with E-state index in [0.717, 1.165) is 45.6 Å². The van der Waals surface area contributed by atoms with Crippen LogP contribution in [0.5, 0.6) is 0 Å². The van der Waals surface area contributed by atoms with Crippen molar-refractivity contribution in [1.82, 2.24) is 40.8 Å². The van der Waals surface area contributed by atoms with Crippen LogP contribution >= 0.6 is 0 Å². The molecule has 0 atom stereocenters. The van der Waals surface area contributed by atoms with E-state index in [0.29, 0.717) is 0 Å². The van der Waals surface area contributed by atoms with E-state index in [2.05, 4.69) is 40.8 Å². The summed E-state index contributed by atoms with van der Waals surface area (Å²) in [4.78, 5) is 16.5. The summed E-state index contributed by atoms with van der Waals surface area (Å²) < 4.78 is 0. The summed E-state index contributed by atoms with van der Waals surface area (Å²) in [5, 5.41) is 56.3. The van der Waals surface area contributed by atoms with Crippen molar-refractivity contribution in [3.05, 3.63) is 100 Å². The minimum atomic E-state index is -1.75. The van der Waals surface area contributed by atoms with Crippen LogP contribution in [0.2, 0.25) is 0 Å². The zero-order valence-electron chi connectivity index (χ0n) is 22.0. The molecule has 38 heavy (non-hydrogen) atoms. The number of hydrogen-bond acceptors (Lipinski definition) is 10. The van der Waals surface area contributed by atoms with Gasteiger partial charge in [-0.1, -0.05) is 0 Å². The monoisotopic (exact) mass is 722 g/mol. The Morgan fingerprint density at radius 3 is 0.632 bits per heavy atom. The third-order valence-corrected chi connectivity index (χ3v) is 3.34. The van der Waals surface area contributed by atoms with Gasteiger partial charge in [0.2, 0.25) is 0 Å². The second kappa shape index (κ2) is 24.1. The molecule has 220 valence electrons. The predicted octanol–water partition coefficient (Wildman–Crippen LogP) is 3.62. The number of H-pyrrole nitrogens is 4. The second-order valence-corrected chi connectivity index (χ2v) is 7.22. The van der Waals surface area contributed by atoms with Crippen molar-refractivity contribution < 1.29 is 54.9 Å². The molecule has 0 saturated heterocycles. The summed E-state index contributed by atoms with van der Waals surface area (Å²) in [6, 6.07) is 8.00. The van der Waals surface area contributed by atoms with Crippen LogP contribution in [-0.4, -0.2) is 51.0 Å². The van der Waals surface area contributed by atoms with Crippen molar-refractivity contribution in [2.24, 2.45) is 0 Å². The molecule has 0 bridgehead atoms. The van der Waals surface area contributed by atoms with Gasteiger partial charge in [0, 0.05) is 22.8 Å². The van der Waals surface area contributed by atoms with Gasteiger partial charge in [0.05, 0.1) is 32.9 Å². The Hall–Kier alpha value is -3.28. The fraction of sp³-hybridized carbons (Fsp3) is 0.400. The first kappa shape index (κ1) is 41.8. The molecule has 4 aromatic rings. The summed E-state index contributed by atoms with van der Waals surface area (Å²) in [5.41, 5.74) is 8.70. The molecule has 0 aromatic carbocycles. The Labute approximate surface area is 250 Å². The van der Waals surface area contributed by atoms with Gasteiger partial charge in [-0.3, -0.25) is 20.4 Å². The summed E-state index contributed by atoms with van der Waals surface area (Å²) in [6.07, 6.45) is 0. The largest absolute Gasteiger partial charge is 1.00 e. The van der Waals surface area contributed by atoms with Crippen LogP contribution in [0.3, 0.4) is 0 Å². The van der Waals surface area contributed by atoms with Gasteiger partial charge < -0.3 is 30.6 Å². The van der Waals surface area contributed by atoms with E-state index in [1.165, 1.54) is 0 Å². The Kier molecular flexibility index (Phi) is 26.5. The number of rotatable bonds is 0. The normalized spacial score (nSPS) is 8.21. The van der Waals surface area contributed by atoms with Crippen molar-refractivity contribution in [3.63, 3.8) is 0 Å². The molecular formula is C20H32Ag2N10O6. The van der Waals surface area contributed by atoms with E-state index in [-0.39, 0.29) is 44.8 Å². The maximum atomic E-state index is 8.25. The van der Waals surface area contributed by atoms with Gasteiger partial charge in [-0.05, 0) is 79.7 Å². The smallest absolute Gasteiger partial charge is 0.356 e. The number of hydrogen-bond donors (Lipinski definition) is 4. The molecule has 16 nitrogen and oxygen atoms in total. The minimum absolute atomic E-state index is 0. The third kappa shape index (κ3) is 30.8. The number of aromatic nitrogens is 8. The molecule has 0 aliphatic carbocycles. The molecule has 0 radical (unpaired) electrons. The zero-order valence-corrected chi connectivity index (χ0v) is 25.0. The number of nitrogens with zero attached hydrogens (tertiary/aromatic N) is 6. The van der Waals surface area contributed by atoms with E-state index >= 15 is 0 Å². The topological polar surface area (TPSA) is 247 Å². The van der Waals surface area contributed by atoms with Gasteiger partial charge in [-0.25, -0.2) is 0 Å². The molecule has 0 aliphatic heterocycles. The molecule has 0 unspecified atom stereocenters. The van der Waals surface area contributed by atoms with E-state index in [9.17, 15) is 0 Å². The first-order valence-corrected chi connectivity index (χ1v) is 10.2. The predicted molar refractivity (Wildman–Crippen MR) is 133 cm³/mol. The van der Waals surface area contributed by atoms with Crippen LogP contribution in [0, 0.1) is 86.0 Å². The maximum absolute atomic E-state index is 8.25.